The van der Waals surface area contributed by atoms with Gasteiger partial charge in [0.25, 0.3) is 0 Å². The average molecular weight is 564 g/mol. The fourth-order valence-corrected chi connectivity index (χ4v) is 3.27. The maximum atomic E-state index is 6.03. The van der Waals surface area contributed by atoms with Crippen molar-refractivity contribution >= 4 is 41.5 Å². The second kappa shape index (κ2) is 11.6. The Morgan fingerprint density at radius 2 is 1.88 bits per heavy atom. The Balaban J connectivity index is 0.00000289. The number of rotatable bonds is 7. The molecule has 0 fully saturated rings. The predicted octanol–water partition coefficient (Wildman–Crippen LogP) is 4.12. The zero-order valence-electron chi connectivity index (χ0n) is 17.4. The Morgan fingerprint density at radius 1 is 1.06 bits per heavy atom. The van der Waals surface area contributed by atoms with Crippen molar-refractivity contribution in [2.45, 2.75) is 19.6 Å². The smallest absolute Gasteiger partial charge is 0.246 e. The van der Waals surface area contributed by atoms with Crippen LogP contribution in [0.15, 0.2) is 76.5 Å². The van der Waals surface area contributed by atoms with E-state index in [-0.39, 0.29) is 24.0 Å². The van der Waals surface area contributed by atoms with Crippen molar-refractivity contribution in [1.29, 1.82) is 0 Å². The lowest BCUT2D eigenvalue weighted by Gasteiger charge is -2.13. The van der Waals surface area contributed by atoms with Crippen molar-refractivity contribution in [1.82, 2.24) is 30.6 Å². The molecule has 0 saturated heterocycles. The van der Waals surface area contributed by atoms with Crippen molar-refractivity contribution in [3.05, 3.63) is 89.0 Å². The SMILES string of the molecule is CN=C(NCc1nc(-c2cccc(Cl)c2)no1)NCc1ccccc1Cn1cccn1.I. The van der Waals surface area contributed by atoms with E-state index in [1.165, 1.54) is 11.1 Å². The molecule has 10 heteroatoms. The first-order valence-electron chi connectivity index (χ1n) is 9.78. The summed E-state index contributed by atoms with van der Waals surface area (Å²) in [5, 5.41) is 15.4. The van der Waals surface area contributed by atoms with Crippen LogP contribution in [0.4, 0.5) is 0 Å². The summed E-state index contributed by atoms with van der Waals surface area (Å²) in [6.45, 7) is 1.68. The van der Waals surface area contributed by atoms with Gasteiger partial charge in [0.1, 0.15) is 0 Å². The van der Waals surface area contributed by atoms with E-state index in [0.29, 0.717) is 42.3 Å². The molecule has 4 rings (SSSR count). The minimum absolute atomic E-state index is 0. The van der Waals surface area contributed by atoms with Crippen LogP contribution in [0.3, 0.4) is 0 Å². The number of benzene rings is 2. The van der Waals surface area contributed by atoms with Gasteiger partial charge < -0.3 is 15.2 Å². The summed E-state index contributed by atoms with van der Waals surface area (Å²) < 4.78 is 7.24. The molecule has 2 aromatic heterocycles. The molecule has 2 aromatic carbocycles. The molecule has 0 radical (unpaired) electrons. The molecule has 0 saturated carbocycles. The largest absolute Gasteiger partial charge is 0.352 e. The maximum absolute atomic E-state index is 6.03. The second-order valence-electron chi connectivity index (χ2n) is 6.77. The topological polar surface area (TPSA) is 93.2 Å². The third-order valence-corrected chi connectivity index (χ3v) is 4.87. The second-order valence-corrected chi connectivity index (χ2v) is 7.21. The zero-order chi connectivity index (χ0) is 21.5. The number of nitrogens with zero attached hydrogens (tertiary/aromatic N) is 5. The first kappa shape index (κ1) is 23.7. The molecule has 8 nitrogen and oxygen atoms in total. The van der Waals surface area contributed by atoms with Gasteiger partial charge >= 0.3 is 0 Å². The quantitative estimate of drug-likeness (QED) is 0.200. The van der Waals surface area contributed by atoms with Gasteiger partial charge in [0, 0.05) is 36.6 Å². The van der Waals surface area contributed by atoms with Gasteiger partial charge in [-0.1, -0.05) is 53.2 Å². The molecule has 166 valence electrons. The Hall–Kier alpha value is -2.92. The molecule has 0 bridgehead atoms. The highest BCUT2D eigenvalue weighted by Crippen LogP contribution is 2.19. The number of guanidine groups is 1. The van der Waals surface area contributed by atoms with Gasteiger partial charge in [0.2, 0.25) is 11.7 Å². The summed E-state index contributed by atoms with van der Waals surface area (Å²) >= 11 is 6.03. The van der Waals surface area contributed by atoms with E-state index in [0.717, 1.165) is 5.56 Å². The van der Waals surface area contributed by atoms with Gasteiger partial charge in [-0.15, -0.1) is 24.0 Å². The molecular weight excluding hydrogens is 541 g/mol. The van der Waals surface area contributed by atoms with E-state index in [4.69, 9.17) is 16.1 Å². The van der Waals surface area contributed by atoms with Crippen molar-refractivity contribution in [3.63, 3.8) is 0 Å². The van der Waals surface area contributed by atoms with Gasteiger partial charge in [-0.25, -0.2) is 0 Å². The lowest BCUT2D eigenvalue weighted by Crippen LogP contribution is -2.36. The summed E-state index contributed by atoms with van der Waals surface area (Å²) in [4.78, 5) is 8.68. The van der Waals surface area contributed by atoms with E-state index in [1.54, 1.807) is 25.4 Å². The molecule has 0 atom stereocenters. The molecule has 0 amide bonds. The van der Waals surface area contributed by atoms with Crippen LogP contribution < -0.4 is 10.6 Å². The molecule has 0 spiro atoms. The van der Waals surface area contributed by atoms with Crippen LogP contribution in [-0.2, 0) is 19.6 Å². The molecule has 0 aliphatic heterocycles. The van der Waals surface area contributed by atoms with Crippen LogP contribution >= 0.6 is 35.6 Å². The molecule has 0 aliphatic rings. The third-order valence-electron chi connectivity index (χ3n) is 4.64. The Morgan fingerprint density at radius 3 is 2.62 bits per heavy atom. The molecule has 2 heterocycles. The van der Waals surface area contributed by atoms with Crippen molar-refractivity contribution in [2.75, 3.05) is 7.05 Å². The van der Waals surface area contributed by atoms with Crippen molar-refractivity contribution < 1.29 is 4.52 Å². The molecule has 0 unspecified atom stereocenters. The highest BCUT2D eigenvalue weighted by atomic mass is 127. The Labute approximate surface area is 208 Å². The maximum Gasteiger partial charge on any atom is 0.246 e. The predicted molar refractivity (Wildman–Crippen MR) is 135 cm³/mol. The number of halogens is 2. The number of hydrogen-bond donors (Lipinski definition) is 2. The van der Waals surface area contributed by atoms with E-state index in [9.17, 15) is 0 Å². The van der Waals surface area contributed by atoms with E-state index >= 15 is 0 Å². The lowest BCUT2D eigenvalue weighted by molar-refractivity contribution is 0.375. The van der Waals surface area contributed by atoms with Crippen LogP contribution in [0, 0.1) is 0 Å². The third kappa shape index (κ3) is 6.30. The monoisotopic (exact) mass is 563 g/mol. The highest BCUT2D eigenvalue weighted by molar-refractivity contribution is 14.0. The van der Waals surface area contributed by atoms with Crippen molar-refractivity contribution in [3.8, 4) is 11.4 Å². The molecule has 32 heavy (non-hydrogen) atoms. The number of aromatic nitrogens is 4. The summed E-state index contributed by atoms with van der Waals surface area (Å²) in [6.07, 6.45) is 3.73. The minimum atomic E-state index is 0. The van der Waals surface area contributed by atoms with Gasteiger partial charge in [-0.2, -0.15) is 10.1 Å². The Bertz CT molecular complexity index is 1160. The van der Waals surface area contributed by atoms with Gasteiger partial charge in [0.05, 0.1) is 13.1 Å². The first-order valence-corrected chi connectivity index (χ1v) is 10.2. The van der Waals surface area contributed by atoms with E-state index in [1.807, 2.05) is 41.2 Å². The van der Waals surface area contributed by atoms with Crippen LogP contribution in [0.25, 0.3) is 11.4 Å². The fraction of sp³-hybridized carbons (Fsp3) is 0.182. The summed E-state index contributed by atoms with van der Waals surface area (Å²) in [7, 11) is 1.72. The zero-order valence-corrected chi connectivity index (χ0v) is 20.5. The van der Waals surface area contributed by atoms with E-state index < -0.39 is 0 Å². The van der Waals surface area contributed by atoms with E-state index in [2.05, 4.69) is 43.0 Å². The summed E-state index contributed by atoms with van der Waals surface area (Å²) in [5.74, 6) is 1.59. The van der Waals surface area contributed by atoms with Crippen LogP contribution in [0.1, 0.15) is 17.0 Å². The standard InChI is InChI=1S/C22H22ClN7O.HI/c1-24-22(25-13-17-6-2-3-7-18(17)15-30-11-5-10-27-30)26-14-20-28-21(29-31-20)16-8-4-9-19(23)12-16;/h2-12H,13-15H2,1H3,(H2,24,25,26);1H. The number of nitrogens with one attached hydrogen (secondary N) is 2. The van der Waals surface area contributed by atoms with Crippen LogP contribution in [0.2, 0.25) is 5.02 Å². The van der Waals surface area contributed by atoms with Crippen LogP contribution in [0.5, 0.6) is 0 Å². The average Bonchev–Trinajstić information content (AvgIpc) is 3.47. The van der Waals surface area contributed by atoms with Crippen LogP contribution in [-0.4, -0.2) is 32.9 Å². The van der Waals surface area contributed by atoms with Gasteiger partial charge in [-0.05, 0) is 29.3 Å². The fourth-order valence-electron chi connectivity index (χ4n) is 3.08. The molecule has 0 aliphatic carbocycles. The van der Waals surface area contributed by atoms with Gasteiger partial charge in [-0.3, -0.25) is 9.67 Å². The molecular formula is C22H23ClIN7O. The van der Waals surface area contributed by atoms with Crippen molar-refractivity contribution in [2.24, 2.45) is 4.99 Å². The number of aliphatic imine (C=N–C) groups is 1. The summed E-state index contributed by atoms with van der Waals surface area (Å²) in [6, 6.07) is 17.5. The Kier molecular flexibility index (Phi) is 8.63. The van der Waals surface area contributed by atoms with Gasteiger partial charge in [0.15, 0.2) is 5.96 Å². The lowest BCUT2D eigenvalue weighted by atomic mass is 10.1. The number of hydrogen-bond acceptors (Lipinski definition) is 5. The molecule has 4 aromatic rings. The highest BCUT2D eigenvalue weighted by Gasteiger charge is 2.10. The minimum Gasteiger partial charge on any atom is -0.352 e. The molecule has 2 N–H and O–H groups in total. The first-order chi connectivity index (χ1) is 15.2. The summed E-state index contributed by atoms with van der Waals surface area (Å²) in [5.41, 5.74) is 3.16. The normalized spacial score (nSPS) is 11.1.